The highest BCUT2D eigenvalue weighted by Gasteiger charge is 2.30. The summed E-state index contributed by atoms with van der Waals surface area (Å²) in [5, 5.41) is 3.51. The first kappa shape index (κ1) is 27.5. The van der Waals surface area contributed by atoms with Gasteiger partial charge in [0.15, 0.2) is 0 Å². The molecule has 2 aliphatic heterocycles. The lowest BCUT2D eigenvalue weighted by molar-refractivity contribution is 0.0700. The summed E-state index contributed by atoms with van der Waals surface area (Å²) in [5.74, 6) is 0.768. The fourth-order valence-electron chi connectivity index (χ4n) is 5.22. The van der Waals surface area contributed by atoms with E-state index in [-0.39, 0.29) is 11.9 Å². The van der Waals surface area contributed by atoms with Crippen LogP contribution in [0.4, 0.5) is 11.5 Å². The van der Waals surface area contributed by atoms with E-state index in [1.54, 1.807) is 17.3 Å². The molecule has 4 heterocycles. The number of nitrogens with one attached hydrogen (secondary N) is 1. The Bertz CT molecular complexity index is 1290. The number of ether oxygens (including phenoxy) is 2. The van der Waals surface area contributed by atoms with E-state index in [4.69, 9.17) is 31.0 Å². The van der Waals surface area contributed by atoms with Gasteiger partial charge in [-0.2, -0.15) is 0 Å². The van der Waals surface area contributed by atoms with Gasteiger partial charge in [0.1, 0.15) is 11.0 Å². The zero-order valence-corrected chi connectivity index (χ0v) is 23.4. The van der Waals surface area contributed by atoms with Crippen molar-refractivity contribution in [1.82, 2.24) is 25.2 Å². The molecule has 2 aromatic heterocycles. The van der Waals surface area contributed by atoms with Crippen molar-refractivity contribution >= 4 is 40.0 Å². The molecule has 0 saturated carbocycles. The Hall–Kier alpha value is -3.05. The molecule has 2 saturated heterocycles. The van der Waals surface area contributed by atoms with Gasteiger partial charge in [-0.15, -0.1) is 0 Å². The van der Waals surface area contributed by atoms with Crippen molar-refractivity contribution in [3.63, 3.8) is 0 Å². The van der Waals surface area contributed by atoms with E-state index in [0.717, 1.165) is 61.6 Å². The summed E-state index contributed by atoms with van der Waals surface area (Å²) in [6.07, 6.45) is 5.49. The van der Waals surface area contributed by atoms with Gasteiger partial charge in [-0.05, 0) is 44.2 Å². The van der Waals surface area contributed by atoms with Crippen molar-refractivity contribution in [3.8, 4) is 0 Å². The average molecular weight is 554 g/mol. The molecule has 0 spiro atoms. The van der Waals surface area contributed by atoms with Crippen LogP contribution in [0.3, 0.4) is 0 Å². The van der Waals surface area contributed by atoms with E-state index in [9.17, 15) is 4.79 Å². The van der Waals surface area contributed by atoms with E-state index < -0.39 is 0 Å². The number of carbonyl (C=O) groups excluding carboxylic acids is 1. The third-order valence-corrected chi connectivity index (χ3v) is 7.52. The van der Waals surface area contributed by atoms with E-state index in [2.05, 4.69) is 20.1 Å². The van der Waals surface area contributed by atoms with Crippen LogP contribution in [-0.2, 0) is 9.47 Å². The Morgan fingerprint density at radius 2 is 2.05 bits per heavy atom. The lowest BCUT2D eigenvalue weighted by atomic mass is 9.98. The van der Waals surface area contributed by atoms with Crippen LogP contribution in [0.5, 0.6) is 0 Å². The van der Waals surface area contributed by atoms with Crippen molar-refractivity contribution in [1.29, 1.82) is 0 Å². The second-order valence-electron chi connectivity index (χ2n) is 9.89. The summed E-state index contributed by atoms with van der Waals surface area (Å²) >= 11 is 6.25. The fourth-order valence-corrected chi connectivity index (χ4v) is 5.39. The first-order chi connectivity index (χ1) is 19.0. The fraction of sp³-hybridized carbons (Fsp3) is 0.500. The molecule has 3 aromatic rings. The minimum Gasteiger partial charge on any atom is -0.378 e. The van der Waals surface area contributed by atoms with Crippen LogP contribution in [0, 0.1) is 0 Å². The monoisotopic (exact) mass is 553 g/mol. The van der Waals surface area contributed by atoms with Crippen molar-refractivity contribution in [2.75, 3.05) is 83.0 Å². The summed E-state index contributed by atoms with van der Waals surface area (Å²) in [4.78, 5) is 33.8. The molecule has 0 bridgehead atoms. The Morgan fingerprint density at radius 3 is 2.85 bits per heavy atom. The molecule has 39 heavy (non-hydrogen) atoms. The number of aromatic nitrogens is 3. The third-order valence-electron chi connectivity index (χ3n) is 7.31. The number of hydrogen-bond acceptors (Lipinski definition) is 9. The maximum atomic E-state index is 13.5. The molecule has 0 radical (unpaired) electrons. The summed E-state index contributed by atoms with van der Waals surface area (Å²) in [5.41, 5.74) is 4.15. The predicted molar refractivity (Wildman–Crippen MR) is 153 cm³/mol. The molecule has 5 rings (SSSR count). The van der Waals surface area contributed by atoms with Crippen molar-refractivity contribution in [3.05, 3.63) is 52.9 Å². The highest BCUT2D eigenvalue weighted by Crippen LogP contribution is 2.39. The maximum Gasteiger partial charge on any atom is 0.253 e. The highest BCUT2D eigenvalue weighted by atomic mass is 35.5. The van der Waals surface area contributed by atoms with Gasteiger partial charge in [-0.25, -0.2) is 9.97 Å². The van der Waals surface area contributed by atoms with Gasteiger partial charge in [0, 0.05) is 62.8 Å². The lowest BCUT2D eigenvalue weighted by Crippen LogP contribution is -2.36. The molecule has 1 unspecified atom stereocenters. The molecule has 10 nitrogen and oxygen atoms in total. The molecule has 11 heteroatoms. The molecule has 1 aromatic carbocycles. The number of hydrogen-bond donors (Lipinski definition) is 1. The largest absolute Gasteiger partial charge is 0.378 e. The Labute approximate surface area is 234 Å². The molecule has 1 N–H and O–H groups in total. The molecule has 0 aliphatic carbocycles. The van der Waals surface area contributed by atoms with Crippen LogP contribution >= 0.6 is 11.6 Å². The molecule has 2 fully saturated rings. The summed E-state index contributed by atoms with van der Waals surface area (Å²) in [7, 11) is 3.69. The van der Waals surface area contributed by atoms with Gasteiger partial charge in [-0.1, -0.05) is 11.6 Å². The topological polar surface area (TPSA) is 96.0 Å². The predicted octanol–water partition coefficient (Wildman–Crippen LogP) is 3.16. The number of morpholine rings is 1. The number of fused-ring (bicyclic) bond motifs is 1. The van der Waals surface area contributed by atoms with Gasteiger partial charge >= 0.3 is 0 Å². The number of carbonyl (C=O) groups is 1. The SMILES string of the molecule is CNCCOCCN(C)C(=O)c1cc(C2CCCN2c2ccnc(Cl)c2)c2nc(N3CCOCC3)cnc2c1. The summed E-state index contributed by atoms with van der Waals surface area (Å²) in [6, 6.07) is 7.77. The van der Waals surface area contributed by atoms with E-state index in [1.807, 2.05) is 38.4 Å². The van der Waals surface area contributed by atoms with Crippen molar-refractivity contribution in [2.45, 2.75) is 18.9 Å². The van der Waals surface area contributed by atoms with E-state index in [1.165, 1.54) is 0 Å². The number of anilines is 2. The number of halogens is 1. The van der Waals surface area contributed by atoms with Crippen molar-refractivity contribution < 1.29 is 14.3 Å². The normalized spacial score (nSPS) is 17.7. The maximum absolute atomic E-state index is 13.5. The minimum absolute atomic E-state index is 0.0307. The lowest BCUT2D eigenvalue weighted by Gasteiger charge is -2.30. The standard InChI is InChI=1S/C28H36ClN7O3/c1-30-7-12-38-13-9-34(2)28(37)20-16-22(24-4-3-8-36(24)21-5-6-31-25(29)18-21)27-23(17-20)32-19-26(33-27)35-10-14-39-15-11-35/h5-6,16-19,24,30H,3-4,7-15H2,1-2H3. The number of nitrogens with zero attached hydrogens (tertiary/aromatic N) is 6. The quantitative estimate of drug-likeness (QED) is 0.300. The Morgan fingerprint density at radius 1 is 1.21 bits per heavy atom. The second-order valence-corrected chi connectivity index (χ2v) is 10.3. The van der Waals surface area contributed by atoms with Gasteiger partial charge in [0.25, 0.3) is 5.91 Å². The zero-order chi connectivity index (χ0) is 27.2. The number of amides is 1. The van der Waals surface area contributed by atoms with E-state index >= 15 is 0 Å². The average Bonchev–Trinajstić information content (AvgIpc) is 3.46. The minimum atomic E-state index is -0.0640. The second kappa shape index (κ2) is 12.9. The van der Waals surface area contributed by atoms with Crippen LogP contribution in [-0.4, -0.2) is 99.0 Å². The molecule has 2 aliphatic rings. The summed E-state index contributed by atoms with van der Waals surface area (Å²) in [6.45, 7) is 6.14. The van der Waals surface area contributed by atoms with Gasteiger partial charge < -0.3 is 29.5 Å². The molecule has 208 valence electrons. The number of rotatable bonds is 10. The zero-order valence-electron chi connectivity index (χ0n) is 22.6. The smallest absolute Gasteiger partial charge is 0.253 e. The summed E-state index contributed by atoms with van der Waals surface area (Å²) < 4.78 is 11.2. The number of likely N-dealkylation sites (N-methyl/N-ethyl adjacent to an activating group) is 2. The van der Waals surface area contributed by atoms with Crippen molar-refractivity contribution in [2.24, 2.45) is 0 Å². The number of benzene rings is 1. The van der Waals surface area contributed by atoms with Gasteiger partial charge in [0.2, 0.25) is 0 Å². The van der Waals surface area contributed by atoms with Crippen LogP contribution in [0.2, 0.25) is 5.15 Å². The third kappa shape index (κ3) is 6.41. The molecular formula is C28H36ClN7O3. The van der Waals surface area contributed by atoms with Crippen LogP contribution in [0.15, 0.2) is 36.7 Å². The Balaban J connectivity index is 1.50. The van der Waals surface area contributed by atoms with E-state index in [0.29, 0.717) is 49.2 Å². The molecular weight excluding hydrogens is 518 g/mol. The molecule has 1 atom stereocenters. The van der Waals surface area contributed by atoms with Gasteiger partial charge in [-0.3, -0.25) is 9.78 Å². The van der Waals surface area contributed by atoms with Crippen LogP contribution < -0.4 is 15.1 Å². The first-order valence-corrected chi connectivity index (χ1v) is 13.9. The first-order valence-electron chi connectivity index (χ1n) is 13.5. The van der Waals surface area contributed by atoms with Crippen LogP contribution in [0.1, 0.15) is 34.8 Å². The van der Waals surface area contributed by atoms with Gasteiger partial charge in [0.05, 0.1) is 49.7 Å². The number of pyridine rings is 1. The molecule has 1 amide bonds. The highest BCUT2D eigenvalue weighted by molar-refractivity contribution is 6.29. The van der Waals surface area contributed by atoms with Crippen LogP contribution in [0.25, 0.3) is 11.0 Å². The Kier molecular flexibility index (Phi) is 9.08.